The molecule has 3 amide bonds. The van der Waals surface area contributed by atoms with Gasteiger partial charge in [0.15, 0.2) is 0 Å². The van der Waals surface area contributed by atoms with Gasteiger partial charge < -0.3 is 19.7 Å². The molecule has 8 heteroatoms. The summed E-state index contributed by atoms with van der Waals surface area (Å²) in [6.45, 7) is 4.69. The van der Waals surface area contributed by atoms with Crippen LogP contribution in [0.5, 0.6) is 0 Å². The molecule has 1 fully saturated rings. The van der Waals surface area contributed by atoms with Gasteiger partial charge in [-0.05, 0) is 44.2 Å². The summed E-state index contributed by atoms with van der Waals surface area (Å²) in [4.78, 5) is 39.6. The van der Waals surface area contributed by atoms with E-state index in [4.69, 9.17) is 4.74 Å². The first-order valence-electron chi connectivity index (χ1n) is 10.7. The monoisotopic (exact) mass is 417 g/mol. The number of rotatable bonds is 10. The van der Waals surface area contributed by atoms with Crippen LogP contribution >= 0.6 is 0 Å². The SMILES string of the molecule is COC(=O)NC1CCN(CCCOCCCCN2C(=O)c3ccccc3C2=O)CC1. The fourth-order valence-electron chi connectivity index (χ4n) is 3.94. The third-order valence-electron chi connectivity index (χ3n) is 5.66. The van der Waals surface area contributed by atoms with E-state index in [1.807, 2.05) is 0 Å². The number of likely N-dealkylation sites (tertiary alicyclic amines) is 1. The van der Waals surface area contributed by atoms with Crippen molar-refractivity contribution in [2.24, 2.45) is 0 Å². The Morgan fingerprint density at radius 3 is 2.27 bits per heavy atom. The molecule has 30 heavy (non-hydrogen) atoms. The lowest BCUT2D eigenvalue weighted by molar-refractivity contribution is 0.0640. The number of fused-ring (bicyclic) bond motifs is 1. The van der Waals surface area contributed by atoms with Crippen LogP contribution in [0.25, 0.3) is 0 Å². The maximum absolute atomic E-state index is 12.3. The van der Waals surface area contributed by atoms with Gasteiger partial charge in [-0.2, -0.15) is 0 Å². The number of ether oxygens (including phenoxy) is 2. The predicted molar refractivity (Wildman–Crippen MR) is 111 cm³/mol. The summed E-state index contributed by atoms with van der Waals surface area (Å²) in [5.41, 5.74) is 1.01. The Labute approximate surface area is 177 Å². The highest BCUT2D eigenvalue weighted by Gasteiger charge is 2.34. The molecule has 1 aromatic rings. The number of unbranched alkanes of at least 4 members (excludes halogenated alkanes) is 1. The number of piperidine rings is 1. The van der Waals surface area contributed by atoms with Crippen LogP contribution in [-0.4, -0.2) is 80.3 Å². The number of carbonyl (C=O) groups excluding carboxylic acids is 3. The molecule has 0 radical (unpaired) electrons. The number of carbonyl (C=O) groups is 3. The Hall–Kier alpha value is -2.45. The lowest BCUT2D eigenvalue weighted by atomic mass is 10.1. The topological polar surface area (TPSA) is 88.2 Å². The van der Waals surface area contributed by atoms with Crippen LogP contribution in [-0.2, 0) is 9.47 Å². The average Bonchev–Trinajstić information content (AvgIpc) is 3.01. The van der Waals surface area contributed by atoms with E-state index in [1.54, 1.807) is 24.3 Å². The molecule has 2 aliphatic rings. The smallest absolute Gasteiger partial charge is 0.407 e. The summed E-state index contributed by atoms with van der Waals surface area (Å²) in [5, 5.41) is 2.86. The first-order valence-corrected chi connectivity index (χ1v) is 10.7. The lowest BCUT2D eigenvalue weighted by Gasteiger charge is -2.31. The van der Waals surface area contributed by atoms with E-state index in [0.29, 0.717) is 30.9 Å². The van der Waals surface area contributed by atoms with Crippen molar-refractivity contribution in [3.8, 4) is 0 Å². The summed E-state index contributed by atoms with van der Waals surface area (Å²) in [7, 11) is 1.38. The minimum Gasteiger partial charge on any atom is -0.453 e. The summed E-state index contributed by atoms with van der Waals surface area (Å²) in [5.74, 6) is -0.385. The maximum atomic E-state index is 12.3. The second-order valence-corrected chi connectivity index (χ2v) is 7.73. The molecule has 3 rings (SSSR count). The van der Waals surface area contributed by atoms with E-state index in [1.165, 1.54) is 12.0 Å². The molecule has 0 saturated carbocycles. The van der Waals surface area contributed by atoms with Gasteiger partial charge in [-0.15, -0.1) is 0 Å². The van der Waals surface area contributed by atoms with Crippen LogP contribution in [0, 0.1) is 0 Å². The van der Waals surface area contributed by atoms with Crippen LogP contribution in [0.2, 0.25) is 0 Å². The van der Waals surface area contributed by atoms with Crippen molar-refractivity contribution >= 4 is 17.9 Å². The van der Waals surface area contributed by atoms with Gasteiger partial charge in [0.25, 0.3) is 11.8 Å². The van der Waals surface area contributed by atoms with Crippen LogP contribution in [0.15, 0.2) is 24.3 Å². The average molecular weight is 418 g/mol. The molecule has 0 atom stereocenters. The van der Waals surface area contributed by atoms with Crippen molar-refractivity contribution in [3.05, 3.63) is 35.4 Å². The molecule has 1 N–H and O–H groups in total. The van der Waals surface area contributed by atoms with Gasteiger partial charge in [0.2, 0.25) is 0 Å². The number of nitrogens with one attached hydrogen (secondary N) is 1. The molecule has 0 spiro atoms. The van der Waals surface area contributed by atoms with E-state index < -0.39 is 0 Å². The van der Waals surface area contributed by atoms with Crippen LogP contribution in [0.3, 0.4) is 0 Å². The van der Waals surface area contributed by atoms with E-state index in [2.05, 4.69) is 15.0 Å². The standard InChI is InChI=1S/C22H31N3O5/c1-29-22(28)23-17-9-13-24(14-10-17)11-6-16-30-15-5-4-12-25-20(26)18-7-2-3-8-19(18)21(25)27/h2-3,7-8,17H,4-6,9-16H2,1H3,(H,23,28). The molecule has 0 aliphatic carbocycles. The van der Waals surface area contributed by atoms with Crippen molar-refractivity contribution in [1.82, 2.24) is 15.1 Å². The molecule has 2 heterocycles. The van der Waals surface area contributed by atoms with Gasteiger partial charge in [0.1, 0.15) is 0 Å². The van der Waals surface area contributed by atoms with Crippen LogP contribution in [0.1, 0.15) is 52.8 Å². The highest BCUT2D eigenvalue weighted by molar-refractivity contribution is 6.21. The highest BCUT2D eigenvalue weighted by atomic mass is 16.5. The number of amides is 3. The zero-order valence-corrected chi connectivity index (χ0v) is 17.6. The first-order chi connectivity index (χ1) is 14.6. The molecular formula is C22H31N3O5. The lowest BCUT2D eigenvalue weighted by Crippen LogP contribution is -2.44. The molecule has 164 valence electrons. The third-order valence-corrected chi connectivity index (χ3v) is 5.66. The van der Waals surface area contributed by atoms with E-state index in [-0.39, 0.29) is 23.9 Å². The fourth-order valence-corrected chi connectivity index (χ4v) is 3.94. The predicted octanol–water partition coefficient (Wildman–Crippen LogP) is 2.29. The van der Waals surface area contributed by atoms with Crippen LogP contribution < -0.4 is 5.32 Å². The number of imide groups is 1. The van der Waals surface area contributed by atoms with Gasteiger partial charge in [0.05, 0.1) is 18.2 Å². The summed E-state index contributed by atoms with van der Waals surface area (Å²) in [6, 6.07) is 7.17. The van der Waals surface area contributed by atoms with E-state index >= 15 is 0 Å². The minimum absolute atomic E-state index is 0.193. The quantitative estimate of drug-likeness (QED) is 0.464. The van der Waals surface area contributed by atoms with Crippen molar-refractivity contribution < 1.29 is 23.9 Å². The maximum Gasteiger partial charge on any atom is 0.407 e. The number of hydrogen-bond acceptors (Lipinski definition) is 6. The zero-order valence-electron chi connectivity index (χ0n) is 17.6. The van der Waals surface area contributed by atoms with E-state index in [9.17, 15) is 14.4 Å². The zero-order chi connectivity index (χ0) is 21.3. The number of nitrogens with zero attached hydrogens (tertiary/aromatic N) is 2. The number of methoxy groups -OCH3 is 1. The number of alkyl carbamates (subject to hydrolysis) is 1. The Balaban J connectivity index is 1.20. The molecule has 0 bridgehead atoms. The summed E-state index contributed by atoms with van der Waals surface area (Å²) >= 11 is 0. The third kappa shape index (κ3) is 5.79. The molecule has 0 aromatic heterocycles. The molecule has 8 nitrogen and oxygen atoms in total. The second-order valence-electron chi connectivity index (χ2n) is 7.73. The Morgan fingerprint density at radius 2 is 1.63 bits per heavy atom. The largest absolute Gasteiger partial charge is 0.453 e. The van der Waals surface area contributed by atoms with Gasteiger partial charge in [-0.1, -0.05) is 12.1 Å². The molecule has 0 unspecified atom stereocenters. The fraction of sp³-hybridized carbons (Fsp3) is 0.591. The molecule has 1 saturated heterocycles. The Morgan fingerprint density at radius 1 is 1.00 bits per heavy atom. The van der Waals surface area contributed by atoms with Crippen LogP contribution in [0.4, 0.5) is 4.79 Å². The van der Waals surface area contributed by atoms with Gasteiger partial charge in [0, 0.05) is 45.4 Å². The normalized spacial score (nSPS) is 17.3. The van der Waals surface area contributed by atoms with Crippen molar-refractivity contribution in [1.29, 1.82) is 0 Å². The van der Waals surface area contributed by atoms with E-state index in [0.717, 1.165) is 51.7 Å². The summed E-state index contributed by atoms with van der Waals surface area (Å²) < 4.78 is 10.3. The molecule has 2 aliphatic heterocycles. The Bertz CT molecular complexity index is 711. The van der Waals surface area contributed by atoms with Crippen molar-refractivity contribution in [2.75, 3.05) is 46.5 Å². The highest BCUT2D eigenvalue weighted by Crippen LogP contribution is 2.22. The molecular weight excluding hydrogens is 386 g/mol. The second kappa shape index (κ2) is 11.1. The Kier molecular flexibility index (Phi) is 8.21. The number of hydrogen-bond donors (Lipinski definition) is 1. The van der Waals surface area contributed by atoms with Gasteiger partial charge in [-0.3, -0.25) is 14.5 Å². The minimum atomic E-state index is -0.357. The molecule has 1 aromatic carbocycles. The number of benzene rings is 1. The van der Waals surface area contributed by atoms with Gasteiger partial charge in [-0.25, -0.2) is 4.79 Å². The van der Waals surface area contributed by atoms with Crippen molar-refractivity contribution in [2.45, 2.75) is 38.1 Å². The summed E-state index contributed by atoms with van der Waals surface area (Å²) in [6.07, 6.45) is 4.05. The van der Waals surface area contributed by atoms with Gasteiger partial charge >= 0.3 is 6.09 Å². The van der Waals surface area contributed by atoms with Crippen molar-refractivity contribution in [3.63, 3.8) is 0 Å². The first kappa shape index (κ1) is 22.2.